The van der Waals surface area contributed by atoms with E-state index >= 15 is 0 Å². The first-order valence-corrected chi connectivity index (χ1v) is 15.6. The van der Waals surface area contributed by atoms with Gasteiger partial charge in [0, 0.05) is 36.7 Å². The summed E-state index contributed by atoms with van der Waals surface area (Å²) in [7, 11) is 0. The lowest BCUT2D eigenvalue weighted by atomic mass is 10.0. The number of amides is 2. The maximum Gasteiger partial charge on any atom is 0.422 e. The van der Waals surface area contributed by atoms with E-state index in [1.54, 1.807) is 43.6 Å². The molecule has 14 heteroatoms. The summed E-state index contributed by atoms with van der Waals surface area (Å²) in [5.74, 6) is -0.0757. The molecular formula is C33H38F4N6O4. The number of hydrogen-bond donors (Lipinski definition) is 2. The molecule has 2 amide bonds. The molecule has 4 aromatic heterocycles. The van der Waals surface area contributed by atoms with Crippen molar-refractivity contribution >= 4 is 28.6 Å². The van der Waals surface area contributed by atoms with Gasteiger partial charge in [0.25, 0.3) is 5.91 Å². The number of nitrogens with zero attached hydrogens (tertiary/aromatic N) is 5. The molecule has 1 saturated carbocycles. The maximum absolute atomic E-state index is 14.7. The van der Waals surface area contributed by atoms with Gasteiger partial charge in [-0.3, -0.25) is 4.79 Å². The molecule has 1 saturated heterocycles. The summed E-state index contributed by atoms with van der Waals surface area (Å²) in [5, 5.41) is 18.4. The number of carbonyl (C=O) groups excluding carboxylic acids is 2. The summed E-state index contributed by atoms with van der Waals surface area (Å²) in [6.07, 6.45) is -3.33. The van der Waals surface area contributed by atoms with Crippen molar-refractivity contribution < 1.29 is 37.0 Å². The van der Waals surface area contributed by atoms with Gasteiger partial charge in [0.05, 0.1) is 35.1 Å². The van der Waals surface area contributed by atoms with Crippen molar-refractivity contribution in [2.24, 2.45) is 5.92 Å². The Hall–Kier alpha value is -4.20. The Bertz CT molecular complexity index is 1850. The van der Waals surface area contributed by atoms with Crippen molar-refractivity contribution in [1.82, 2.24) is 29.4 Å². The number of fused-ring (bicyclic) bond motifs is 2. The van der Waals surface area contributed by atoms with Crippen LogP contribution < -0.4 is 5.32 Å². The number of rotatable bonds is 6. The van der Waals surface area contributed by atoms with Crippen molar-refractivity contribution in [3.05, 3.63) is 53.3 Å². The minimum atomic E-state index is -4.91. The molecule has 0 bridgehead atoms. The van der Waals surface area contributed by atoms with Gasteiger partial charge in [-0.25, -0.2) is 18.7 Å². The SMILES string of the molecule is Cc1c(-c2cc3ccc(C(C)(O)C(F)(F)F)nc3n2CC2CC2)nn2cc(C(=O)N3C[C@H](F)C[C@@H](NC(=O)OC(C)(C)C)C3)ccc12. The number of ether oxygens (including phenoxy) is 1. The predicted octanol–water partition coefficient (Wildman–Crippen LogP) is 5.92. The Balaban J connectivity index is 1.31. The van der Waals surface area contributed by atoms with Gasteiger partial charge in [0.15, 0.2) is 5.60 Å². The van der Waals surface area contributed by atoms with Crippen LogP contribution in [0.2, 0.25) is 0 Å². The van der Waals surface area contributed by atoms with Gasteiger partial charge in [0.2, 0.25) is 0 Å². The molecule has 5 heterocycles. The number of aliphatic hydroxyl groups is 1. The third-order valence-corrected chi connectivity index (χ3v) is 8.71. The highest BCUT2D eigenvalue weighted by molar-refractivity contribution is 5.95. The Morgan fingerprint density at radius 3 is 2.47 bits per heavy atom. The summed E-state index contributed by atoms with van der Waals surface area (Å²) >= 11 is 0. The molecule has 47 heavy (non-hydrogen) atoms. The van der Waals surface area contributed by atoms with Crippen molar-refractivity contribution in [2.75, 3.05) is 13.1 Å². The molecule has 10 nitrogen and oxygen atoms in total. The topological polar surface area (TPSA) is 114 Å². The van der Waals surface area contributed by atoms with Gasteiger partial charge in [-0.15, -0.1) is 0 Å². The minimum Gasteiger partial charge on any atom is -0.444 e. The zero-order valence-electron chi connectivity index (χ0n) is 26.9. The summed E-state index contributed by atoms with van der Waals surface area (Å²) < 4.78 is 64.4. The second-order valence-corrected chi connectivity index (χ2v) is 13.9. The molecule has 1 aliphatic carbocycles. The van der Waals surface area contributed by atoms with Crippen LogP contribution in [-0.4, -0.2) is 78.3 Å². The molecule has 1 aliphatic heterocycles. The molecule has 0 spiro atoms. The van der Waals surface area contributed by atoms with Gasteiger partial charge < -0.3 is 24.6 Å². The van der Waals surface area contributed by atoms with Crippen LogP contribution in [-0.2, 0) is 16.9 Å². The molecule has 3 atom stereocenters. The van der Waals surface area contributed by atoms with E-state index in [0.29, 0.717) is 47.3 Å². The van der Waals surface area contributed by atoms with Crippen molar-refractivity contribution in [3.63, 3.8) is 0 Å². The predicted molar refractivity (Wildman–Crippen MR) is 166 cm³/mol. The number of halogens is 4. The smallest absolute Gasteiger partial charge is 0.422 e. The Kier molecular flexibility index (Phi) is 8.01. The van der Waals surface area contributed by atoms with Gasteiger partial charge in [-0.05, 0) is 83.7 Å². The molecule has 1 unspecified atom stereocenters. The minimum absolute atomic E-state index is 0.0583. The molecule has 2 N–H and O–H groups in total. The monoisotopic (exact) mass is 658 g/mol. The molecular weight excluding hydrogens is 620 g/mol. The number of carbonyl (C=O) groups is 2. The van der Waals surface area contributed by atoms with E-state index in [2.05, 4.69) is 10.3 Å². The van der Waals surface area contributed by atoms with E-state index in [-0.39, 0.29) is 25.1 Å². The van der Waals surface area contributed by atoms with E-state index < -0.39 is 47.3 Å². The zero-order valence-corrected chi connectivity index (χ0v) is 26.9. The molecule has 2 fully saturated rings. The first-order chi connectivity index (χ1) is 21.9. The highest BCUT2D eigenvalue weighted by Crippen LogP contribution is 2.40. The van der Waals surface area contributed by atoms with Crippen LogP contribution in [0.4, 0.5) is 22.4 Å². The molecule has 6 rings (SSSR count). The van der Waals surface area contributed by atoms with Gasteiger partial charge in [-0.1, -0.05) is 0 Å². The fourth-order valence-electron chi connectivity index (χ4n) is 5.99. The van der Waals surface area contributed by atoms with Gasteiger partial charge in [0.1, 0.15) is 23.1 Å². The van der Waals surface area contributed by atoms with E-state index in [4.69, 9.17) is 9.84 Å². The third kappa shape index (κ3) is 6.52. The first kappa shape index (κ1) is 32.7. The fourth-order valence-corrected chi connectivity index (χ4v) is 5.99. The number of alkyl halides is 4. The van der Waals surface area contributed by atoms with Crippen LogP contribution in [0.15, 0.2) is 36.5 Å². The van der Waals surface area contributed by atoms with Gasteiger partial charge in [-0.2, -0.15) is 18.3 Å². The number of alkyl carbamates (subject to hydrolysis) is 1. The first-order valence-electron chi connectivity index (χ1n) is 15.6. The quantitative estimate of drug-likeness (QED) is 0.249. The van der Waals surface area contributed by atoms with Crippen molar-refractivity contribution in [2.45, 2.75) is 90.0 Å². The highest BCUT2D eigenvalue weighted by Gasteiger charge is 2.52. The van der Waals surface area contributed by atoms with Crippen LogP contribution in [0.3, 0.4) is 0 Å². The fraction of sp³-hybridized carbons (Fsp3) is 0.515. The Morgan fingerprint density at radius 2 is 1.81 bits per heavy atom. The van der Waals surface area contributed by atoms with E-state index in [9.17, 15) is 32.3 Å². The van der Waals surface area contributed by atoms with Crippen LogP contribution in [0.1, 0.15) is 68.6 Å². The number of nitrogens with one attached hydrogen (secondary N) is 1. The Morgan fingerprint density at radius 1 is 1.09 bits per heavy atom. The number of hydrogen-bond acceptors (Lipinski definition) is 6. The number of aromatic nitrogens is 4. The number of piperidine rings is 1. The lowest BCUT2D eigenvalue weighted by Crippen LogP contribution is -2.54. The van der Waals surface area contributed by atoms with E-state index in [1.165, 1.54) is 17.0 Å². The zero-order chi connectivity index (χ0) is 34.1. The molecule has 4 aromatic rings. The van der Waals surface area contributed by atoms with Crippen LogP contribution in [0.25, 0.3) is 27.9 Å². The largest absolute Gasteiger partial charge is 0.444 e. The maximum atomic E-state index is 14.7. The number of aryl methyl sites for hydroxylation is 1. The number of pyridine rings is 2. The van der Waals surface area contributed by atoms with Gasteiger partial charge >= 0.3 is 12.3 Å². The lowest BCUT2D eigenvalue weighted by Gasteiger charge is -2.35. The van der Waals surface area contributed by atoms with Crippen LogP contribution in [0.5, 0.6) is 0 Å². The standard InChI is InChI=1S/C33H38F4N6O4/c1-18-24-10-8-21(29(44)41-16-22(34)13-23(17-41)38-30(45)47-31(2,3)4)15-43(24)40-27(18)25-12-20-9-11-26(32(5,46)33(35,36)37)39-28(20)42(25)14-19-6-7-19/h8-12,15,19,22-23,46H,6-7,13-14,16-17H2,1-5H3,(H,38,45)/t22-,23-,32?/m1/s1. The number of likely N-dealkylation sites (tertiary alicyclic amines) is 1. The second kappa shape index (κ2) is 11.5. The summed E-state index contributed by atoms with van der Waals surface area (Å²) in [5.41, 5.74) is -1.02. The van der Waals surface area contributed by atoms with E-state index in [1.807, 2.05) is 17.6 Å². The highest BCUT2D eigenvalue weighted by atomic mass is 19.4. The van der Waals surface area contributed by atoms with Crippen molar-refractivity contribution in [3.8, 4) is 11.4 Å². The molecule has 0 radical (unpaired) electrons. The summed E-state index contributed by atoms with van der Waals surface area (Å²) in [4.78, 5) is 31.5. The summed E-state index contributed by atoms with van der Waals surface area (Å²) in [6.45, 7) is 8.25. The normalized spacial score (nSPS) is 20.4. The van der Waals surface area contributed by atoms with Crippen LogP contribution >= 0.6 is 0 Å². The average Bonchev–Trinajstić information content (AvgIpc) is 3.64. The second-order valence-electron chi connectivity index (χ2n) is 13.9. The lowest BCUT2D eigenvalue weighted by molar-refractivity contribution is -0.260. The Labute approximate surface area is 268 Å². The van der Waals surface area contributed by atoms with Crippen LogP contribution in [0, 0.1) is 12.8 Å². The molecule has 0 aromatic carbocycles. The van der Waals surface area contributed by atoms with Crippen molar-refractivity contribution in [1.29, 1.82) is 0 Å². The third-order valence-electron chi connectivity index (χ3n) is 8.71. The summed E-state index contributed by atoms with van der Waals surface area (Å²) in [6, 6.07) is 7.30. The molecule has 2 aliphatic rings. The van der Waals surface area contributed by atoms with E-state index in [0.717, 1.165) is 18.4 Å². The average molecular weight is 659 g/mol. The molecule has 252 valence electrons.